The third kappa shape index (κ3) is 4.09. The van der Waals surface area contributed by atoms with Crippen LogP contribution in [0.4, 0.5) is 5.13 Å². The lowest BCUT2D eigenvalue weighted by atomic mass is 10.0. The van der Waals surface area contributed by atoms with Crippen LogP contribution in [0.15, 0.2) is 41.5 Å². The SMILES string of the molecule is O=C(Cn1cnc(-c2ccc(Cl)cc2)cc1=O)Nc1nc2c(s1)CCCC2. The van der Waals surface area contributed by atoms with Crippen LogP contribution in [-0.4, -0.2) is 20.4 Å². The summed E-state index contributed by atoms with van der Waals surface area (Å²) in [6.45, 7) is -0.100. The Hall–Kier alpha value is -2.51. The van der Waals surface area contributed by atoms with Gasteiger partial charge in [-0.25, -0.2) is 9.97 Å². The standard InChI is InChI=1S/C19H17ClN4O2S/c20-13-7-5-12(6-8-13)15-9-18(26)24(11-21-15)10-17(25)23-19-22-14-3-1-2-4-16(14)27-19/h5-9,11H,1-4,10H2,(H,22,23,25). The second kappa shape index (κ2) is 7.62. The predicted octanol–water partition coefficient (Wildman–Crippen LogP) is 3.54. The Kier molecular flexibility index (Phi) is 5.05. The molecule has 1 N–H and O–H groups in total. The van der Waals surface area contributed by atoms with Crippen LogP contribution in [0.3, 0.4) is 0 Å². The maximum absolute atomic E-state index is 12.3. The van der Waals surface area contributed by atoms with Gasteiger partial charge in [0.15, 0.2) is 5.13 Å². The van der Waals surface area contributed by atoms with Gasteiger partial charge in [-0.15, -0.1) is 11.3 Å². The van der Waals surface area contributed by atoms with E-state index in [0.717, 1.165) is 30.5 Å². The average Bonchev–Trinajstić information content (AvgIpc) is 3.06. The molecule has 0 radical (unpaired) electrons. The summed E-state index contributed by atoms with van der Waals surface area (Å²) in [7, 11) is 0. The van der Waals surface area contributed by atoms with Gasteiger partial charge < -0.3 is 5.32 Å². The number of thiazole rings is 1. The minimum absolute atomic E-state index is 0.100. The molecule has 8 heteroatoms. The molecule has 1 aliphatic rings. The fraction of sp³-hybridized carbons (Fsp3) is 0.263. The van der Waals surface area contributed by atoms with Crippen molar-refractivity contribution in [3.8, 4) is 11.3 Å². The first-order chi connectivity index (χ1) is 13.1. The molecule has 27 heavy (non-hydrogen) atoms. The van der Waals surface area contributed by atoms with E-state index >= 15 is 0 Å². The van der Waals surface area contributed by atoms with E-state index in [9.17, 15) is 9.59 Å². The van der Waals surface area contributed by atoms with E-state index in [2.05, 4.69) is 15.3 Å². The maximum Gasteiger partial charge on any atom is 0.254 e. The molecule has 3 aromatic rings. The molecule has 2 heterocycles. The zero-order valence-electron chi connectivity index (χ0n) is 14.4. The number of rotatable bonds is 4. The first kappa shape index (κ1) is 17.9. The number of fused-ring (bicyclic) bond motifs is 1. The molecule has 1 aliphatic carbocycles. The molecular formula is C19H17ClN4O2S. The van der Waals surface area contributed by atoms with Crippen molar-refractivity contribution in [1.82, 2.24) is 14.5 Å². The highest BCUT2D eigenvalue weighted by Gasteiger charge is 2.16. The molecule has 1 amide bonds. The van der Waals surface area contributed by atoms with Crippen molar-refractivity contribution in [3.05, 3.63) is 62.6 Å². The molecular weight excluding hydrogens is 384 g/mol. The molecule has 0 atom stereocenters. The Balaban J connectivity index is 1.45. The number of hydrogen-bond acceptors (Lipinski definition) is 5. The summed E-state index contributed by atoms with van der Waals surface area (Å²) < 4.78 is 1.28. The lowest BCUT2D eigenvalue weighted by molar-refractivity contribution is -0.116. The summed E-state index contributed by atoms with van der Waals surface area (Å²) in [4.78, 5) is 34.6. The van der Waals surface area contributed by atoms with Crippen LogP contribution >= 0.6 is 22.9 Å². The molecule has 0 saturated carbocycles. The normalized spacial score (nSPS) is 13.2. The Morgan fingerprint density at radius 3 is 2.74 bits per heavy atom. The van der Waals surface area contributed by atoms with Crippen LogP contribution in [0.1, 0.15) is 23.4 Å². The summed E-state index contributed by atoms with van der Waals surface area (Å²) in [5.41, 5.74) is 2.14. The third-order valence-corrected chi connectivity index (χ3v) is 5.75. The minimum atomic E-state index is -0.288. The number of nitrogens with one attached hydrogen (secondary N) is 1. The summed E-state index contributed by atoms with van der Waals surface area (Å²) in [5.74, 6) is -0.288. The summed E-state index contributed by atoms with van der Waals surface area (Å²) in [6, 6.07) is 8.49. The summed E-state index contributed by atoms with van der Waals surface area (Å²) in [5, 5.41) is 4.01. The number of benzene rings is 1. The highest BCUT2D eigenvalue weighted by Crippen LogP contribution is 2.29. The molecule has 0 aliphatic heterocycles. The predicted molar refractivity (Wildman–Crippen MR) is 106 cm³/mol. The van der Waals surface area contributed by atoms with Crippen LogP contribution in [0.2, 0.25) is 5.02 Å². The number of aryl methyl sites for hydroxylation is 2. The molecule has 0 fully saturated rings. The Morgan fingerprint density at radius 1 is 1.22 bits per heavy atom. The first-order valence-electron chi connectivity index (χ1n) is 8.69. The highest BCUT2D eigenvalue weighted by molar-refractivity contribution is 7.15. The Labute approximate surface area is 164 Å². The van der Waals surface area contributed by atoms with Gasteiger partial charge in [0.1, 0.15) is 6.54 Å². The van der Waals surface area contributed by atoms with Crippen molar-refractivity contribution >= 4 is 34.0 Å². The fourth-order valence-electron chi connectivity index (χ4n) is 3.04. The van der Waals surface area contributed by atoms with Crippen LogP contribution in [0.25, 0.3) is 11.3 Å². The second-order valence-corrected chi connectivity index (χ2v) is 7.91. The van der Waals surface area contributed by atoms with E-state index in [0.29, 0.717) is 15.8 Å². The quantitative estimate of drug-likeness (QED) is 0.726. The Morgan fingerprint density at radius 2 is 2.00 bits per heavy atom. The molecule has 138 valence electrons. The van der Waals surface area contributed by atoms with Crippen molar-refractivity contribution in [1.29, 1.82) is 0 Å². The number of carbonyl (C=O) groups excluding carboxylic acids is 1. The van der Waals surface area contributed by atoms with Gasteiger partial charge in [0.2, 0.25) is 5.91 Å². The van der Waals surface area contributed by atoms with E-state index in [1.165, 1.54) is 39.6 Å². The van der Waals surface area contributed by atoms with Crippen LogP contribution in [0.5, 0.6) is 0 Å². The van der Waals surface area contributed by atoms with Crippen LogP contribution in [-0.2, 0) is 24.2 Å². The number of halogens is 1. The van der Waals surface area contributed by atoms with Gasteiger partial charge >= 0.3 is 0 Å². The fourth-order valence-corrected chi connectivity index (χ4v) is 4.23. The second-order valence-electron chi connectivity index (χ2n) is 6.39. The highest BCUT2D eigenvalue weighted by atomic mass is 35.5. The van der Waals surface area contributed by atoms with E-state index in [1.54, 1.807) is 24.3 Å². The van der Waals surface area contributed by atoms with Crippen molar-refractivity contribution in [2.75, 3.05) is 5.32 Å². The van der Waals surface area contributed by atoms with Crippen LogP contribution < -0.4 is 10.9 Å². The molecule has 0 saturated heterocycles. The molecule has 4 rings (SSSR count). The zero-order chi connectivity index (χ0) is 18.8. The van der Waals surface area contributed by atoms with Crippen molar-refractivity contribution in [2.24, 2.45) is 0 Å². The molecule has 0 spiro atoms. The van der Waals surface area contributed by atoms with E-state index in [4.69, 9.17) is 11.6 Å². The van der Waals surface area contributed by atoms with Gasteiger partial charge in [-0.3, -0.25) is 14.2 Å². The lowest BCUT2D eigenvalue weighted by Crippen LogP contribution is -2.27. The van der Waals surface area contributed by atoms with Gasteiger partial charge in [-0.1, -0.05) is 23.7 Å². The van der Waals surface area contributed by atoms with Crippen LogP contribution in [0, 0.1) is 0 Å². The van der Waals surface area contributed by atoms with Crippen molar-refractivity contribution in [3.63, 3.8) is 0 Å². The number of hydrogen-bond donors (Lipinski definition) is 1. The monoisotopic (exact) mass is 400 g/mol. The molecule has 0 unspecified atom stereocenters. The van der Waals surface area contributed by atoms with Crippen molar-refractivity contribution in [2.45, 2.75) is 32.2 Å². The van der Waals surface area contributed by atoms with Gasteiger partial charge in [0.25, 0.3) is 5.56 Å². The van der Waals surface area contributed by atoms with Gasteiger partial charge in [-0.05, 0) is 37.8 Å². The summed E-state index contributed by atoms with van der Waals surface area (Å²) >= 11 is 7.40. The number of nitrogens with zero attached hydrogens (tertiary/aromatic N) is 3. The summed E-state index contributed by atoms with van der Waals surface area (Å²) in [6.07, 6.45) is 5.70. The Bertz CT molecular complexity index is 1020. The van der Waals surface area contributed by atoms with E-state index in [-0.39, 0.29) is 18.0 Å². The maximum atomic E-state index is 12.3. The molecule has 2 aromatic heterocycles. The van der Waals surface area contributed by atoms with E-state index < -0.39 is 0 Å². The largest absolute Gasteiger partial charge is 0.300 e. The van der Waals surface area contributed by atoms with Crippen molar-refractivity contribution < 1.29 is 4.79 Å². The lowest BCUT2D eigenvalue weighted by Gasteiger charge is -2.06. The van der Waals surface area contributed by atoms with E-state index in [1.807, 2.05) is 0 Å². The molecule has 1 aromatic carbocycles. The topological polar surface area (TPSA) is 76.9 Å². The van der Waals surface area contributed by atoms with Gasteiger partial charge in [0.05, 0.1) is 17.7 Å². The third-order valence-electron chi connectivity index (χ3n) is 4.43. The number of amides is 1. The zero-order valence-corrected chi connectivity index (χ0v) is 16.0. The number of aromatic nitrogens is 3. The van der Waals surface area contributed by atoms with Gasteiger partial charge in [-0.2, -0.15) is 0 Å². The number of anilines is 1. The molecule has 0 bridgehead atoms. The molecule has 6 nitrogen and oxygen atoms in total. The number of carbonyl (C=O) groups is 1. The minimum Gasteiger partial charge on any atom is -0.300 e. The average molecular weight is 401 g/mol. The first-order valence-corrected chi connectivity index (χ1v) is 9.89. The smallest absolute Gasteiger partial charge is 0.254 e. The van der Waals surface area contributed by atoms with Gasteiger partial charge in [0, 0.05) is 21.5 Å².